The van der Waals surface area contributed by atoms with Crippen molar-refractivity contribution in [3.8, 4) is 5.75 Å². The molecule has 0 bridgehead atoms. The maximum atomic E-state index is 6.16. The third-order valence-electron chi connectivity index (χ3n) is 3.04. The van der Waals surface area contributed by atoms with Crippen LogP contribution < -0.4 is 10.5 Å². The monoisotopic (exact) mass is 245 g/mol. The van der Waals surface area contributed by atoms with Gasteiger partial charge in [-0.25, -0.2) is 0 Å². The van der Waals surface area contributed by atoms with Crippen LogP contribution in [-0.2, 0) is 6.42 Å². The second-order valence-corrected chi connectivity index (χ2v) is 4.43. The topological polar surface area (TPSA) is 48.4 Å². The van der Waals surface area contributed by atoms with Crippen molar-refractivity contribution in [2.75, 3.05) is 7.11 Å². The van der Waals surface area contributed by atoms with Crippen LogP contribution in [0.1, 0.15) is 29.5 Å². The average Bonchev–Trinajstić information content (AvgIpc) is 2.82. The van der Waals surface area contributed by atoms with Crippen LogP contribution in [0.5, 0.6) is 5.75 Å². The lowest BCUT2D eigenvalue weighted by Gasteiger charge is -2.11. The van der Waals surface area contributed by atoms with Crippen LogP contribution in [0, 0.1) is 6.92 Å². The second-order valence-electron chi connectivity index (χ2n) is 4.43. The van der Waals surface area contributed by atoms with Gasteiger partial charge in [-0.15, -0.1) is 0 Å². The van der Waals surface area contributed by atoms with Crippen molar-refractivity contribution >= 4 is 0 Å². The molecular formula is C15H19NO2. The molecule has 0 amide bonds. The molecule has 0 aliphatic rings. The fraction of sp³-hybridized carbons (Fsp3) is 0.333. The highest BCUT2D eigenvalue weighted by Gasteiger charge is 2.08. The Morgan fingerprint density at radius 2 is 1.89 bits per heavy atom. The number of methoxy groups -OCH3 is 1. The van der Waals surface area contributed by atoms with Gasteiger partial charge in [-0.05, 0) is 43.2 Å². The maximum Gasteiger partial charge on any atom is 0.118 e. The molecule has 0 aliphatic heterocycles. The molecule has 3 heteroatoms. The zero-order valence-electron chi connectivity index (χ0n) is 10.8. The van der Waals surface area contributed by atoms with E-state index < -0.39 is 0 Å². The van der Waals surface area contributed by atoms with Crippen LogP contribution in [0.15, 0.2) is 40.8 Å². The van der Waals surface area contributed by atoms with Crippen molar-refractivity contribution in [3.05, 3.63) is 53.5 Å². The lowest BCUT2D eigenvalue weighted by atomic mass is 10.0. The van der Waals surface area contributed by atoms with E-state index in [1.54, 1.807) is 7.11 Å². The number of rotatable bonds is 5. The van der Waals surface area contributed by atoms with E-state index in [0.717, 1.165) is 35.7 Å². The quantitative estimate of drug-likeness (QED) is 0.879. The fourth-order valence-corrected chi connectivity index (χ4v) is 1.94. The highest BCUT2D eigenvalue weighted by atomic mass is 16.5. The summed E-state index contributed by atoms with van der Waals surface area (Å²) in [4.78, 5) is 0. The Hall–Kier alpha value is -1.74. The summed E-state index contributed by atoms with van der Waals surface area (Å²) in [7, 11) is 1.66. The van der Waals surface area contributed by atoms with E-state index in [2.05, 4.69) is 0 Å². The number of benzene rings is 1. The molecule has 18 heavy (non-hydrogen) atoms. The molecule has 0 saturated heterocycles. The average molecular weight is 245 g/mol. The number of furan rings is 1. The van der Waals surface area contributed by atoms with Gasteiger partial charge in [0.1, 0.15) is 17.3 Å². The molecule has 1 aromatic carbocycles. The van der Waals surface area contributed by atoms with Gasteiger partial charge in [-0.3, -0.25) is 0 Å². The van der Waals surface area contributed by atoms with E-state index in [1.165, 1.54) is 0 Å². The van der Waals surface area contributed by atoms with Gasteiger partial charge < -0.3 is 14.9 Å². The van der Waals surface area contributed by atoms with Crippen LogP contribution >= 0.6 is 0 Å². The Bertz CT molecular complexity index is 487. The molecule has 1 heterocycles. The van der Waals surface area contributed by atoms with Crippen LogP contribution in [-0.4, -0.2) is 7.11 Å². The maximum absolute atomic E-state index is 6.16. The van der Waals surface area contributed by atoms with Crippen molar-refractivity contribution in [1.82, 2.24) is 0 Å². The summed E-state index contributed by atoms with van der Waals surface area (Å²) >= 11 is 0. The number of aryl methyl sites for hydroxylation is 2. The molecule has 2 rings (SSSR count). The Labute approximate surface area is 108 Å². The number of nitrogens with two attached hydrogens (primary N) is 1. The summed E-state index contributed by atoms with van der Waals surface area (Å²) < 4.78 is 10.7. The van der Waals surface area contributed by atoms with Gasteiger partial charge in [0.15, 0.2) is 0 Å². The standard InChI is InChI=1S/C15H19NO2/c1-11-3-6-14(18-11)9-10-15(16)12-4-7-13(17-2)8-5-12/h3-8,15H,9-10,16H2,1-2H3/t15-/m1/s1. The van der Waals surface area contributed by atoms with E-state index in [-0.39, 0.29) is 6.04 Å². The molecule has 0 unspecified atom stereocenters. The number of ether oxygens (including phenoxy) is 1. The summed E-state index contributed by atoms with van der Waals surface area (Å²) in [5.41, 5.74) is 7.28. The molecule has 1 atom stereocenters. The number of hydrogen-bond donors (Lipinski definition) is 1. The Balaban J connectivity index is 1.92. The van der Waals surface area contributed by atoms with Crippen LogP contribution in [0.25, 0.3) is 0 Å². The molecule has 1 aromatic heterocycles. The first-order chi connectivity index (χ1) is 8.69. The highest BCUT2D eigenvalue weighted by Crippen LogP contribution is 2.20. The normalized spacial score (nSPS) is 12.4. The third-order valence-corrected chi connectivity index (χ3v) is 3.04. The molecule has 0 spiro atoms. The molecule has 0 fully saturated rings. The van der Waals surface area contributed by atoms with Gasteiger partial charge in [0.2, 0.25) is 0 Å². The third kappa shape index (κ3) is 3.14. The van der Waals surface area contributed by atoms with Gasteiger partial charge in [-0.1, -0.05) is 12.1 Å². The van der Waals surface area contributed by atoms with Crippen LogP contribution in [0.4, 0.5) is 0 Å². The summed E-state index contributed by atoms with van der Waals surface area (Å²) in [6, 6.07) is 11.9. The smallest absolute Gasteiger partial charge is 0.118 e. The van der Waals surface area contributed by atoms with E-state index in [4.69, 9.17) is 14.9 Å². The van der Waals surface area contributed by atoms with Crippen molar-refractivity contribution in [1.29, 1.82) is 0 Å². The molecule has 96 valence electrons. The minimum atomic E-state index is 0.0290. The first-order valence-corrected chi connectivity index (χ1v) is 6.14. The molecule has 2 aromatic rings. The van der Waals surface area contributed by atoms with E-state index >= 15 is 0 Å². The van der Waals surface area contributed by atoms with Gasteiger partial charge >= 0.3 is 0 Å². The minimum absolute atomic E-state index is 0.0290. The van der Waals surface area contributed by atoms with Crippen molar-refractivity contribution in [2.24, 2.45) is 5.73 Å². The predicted molar refractivity (Wildman–Crippen MR) is 71.7 cm³/mol. The Morgan fingerprint density at radius 1 is 1.17 bits per heavy atom. The Morgan fingerprint density at radius 3 is 2.44 bits per heavy atom. The van der Waals surface area contributed by atoms with Gasteiger partial charge in [-0.2, -0.15) is 0 Å². The van der Waals surface area contributed by atoms with Crippen molar-refractivity contribution < 1.29 is 9.15 Å². The molecule has 0 saturated carbocycles. The summed E-state index contributed by atoms with van der Waals surface area (Å²) in [5.74, 6) is 2.80. The molecule has 3 nitrogen and oxygen atoms in total. The first kappa shape index (κ1) is 12.7. The highest BCUT2D eigenvalue weighted by molar-refractivity contribution is 5.29. The number of hydrogen-bond acceptors (Lipinski definition) is 3. The molecule has 0 radical (unpaired) electrons. The van der Waals surface area contributed by atoms with Crippen LogP contribution in [0.2, 0.25) is 0 Å². The fourth-order valence-electron chi connectivity index (χ4n) is 1.94. The predicted octanol–water partition coefficient (Wildman–Crippen LogP) is 3.23. The zero-order valence-corrected chi connectivity index (χ0v) is 10.8. The molecule has 0 aliphatic carbocycles. The van der Waals surface area contributed by atoms with Crippen molar-refractivity contribution in [2.45, 2.75) is 25.8 Å². The summed E-state index contributed by atoms with van der Waals surface area (Å²) in [6.45, 7) is 1.95. The van der Waals surface area contributed by atoms with E-state index in [1.807, 2.05) is 43.3 Å². The van der Waals surface area contributed by atoms with Gasteiger partial charge in [0.25, 0.3) is 0 Å². The Kier molecular flexibility index (Phi) is 4.05. The van der Waals surface area contributed by atoms with Crippen molar-refractivity contribution in [3.63, 3.8) is 0 Å². The van der Waals surface area contributed by atoms with Crippen LogP contribution in [0.3, 0.4) is 0 Å². The summed E-state index contributed by atoms with van der Waals surface area (Å²) in [5, 5.41) is 0. The van der Waals surface area contributed by atoms with Gasteiger partial charge in [0.05, 0.1) is 7.11 Å². The lowest BCUT2D eigenvalue weighted by Crippen LogP contribution is -2.11. The minimum Gasteiger partial charge on any atom is -0.497 e. The van der Waals surface area contributed by atoms with Gasteiger partial charge in [0, 0.05) is 12.5 Å². The summed E-state index contributed by atoms with van der Waals surface area (Å²) in [6.07, 6.45) is 1.74. The second kappa shape index (κ2) is 5.74. The molecular weight excluding hydrogens is 226 g/mol. The first-order valence-electron chi connectivity index (χ1n) is 6.14. The largest absolute Gasteiger partial charge is 0.497 e. The SMILES string of the molecule is COc1ccc([C@H](N)CCc2ccc(C)o2)cc1. The van der Waals surface area contributed by atoms with E-state index in [9.17, 15) is 0 Å². The van der Waals surface area contributed by atoms with E-state index in [0.29, 0.717) is 0 Å². The zero-order chi connectivity index (χ0) is 13.0. The lowest BCUT2D eigenvalue weighted by molar-refractivity contribution is 0.414. The molecule has 2 N–H and O–H groups in total.